The SMILES string of the molecule is O=C1CC2(CCS(=O)(=O)CC2)ON1CCCO. The highest BCUT2D eigenvalue weighted by Crippen LogP contribution is 2.37. The van der Waals surface area contributed by atoms with Crippen molar-refractivity contribution < 1.29 is 23.2 Å². The van der Waals surface area contributed by atoms with Crippen LogP contribution in [0.2, 0.25) is 0 Å². The van der Waals surface area contributed by atoms with Crippen LogP contribution >= 0.6 is 0 Å². The summed E-state index contributed by atoms with van der Waals surface area (Å²) in [6.45, 7) is 0.373. The summed E-state index contributed by atoms with van der Waals surface area (Å²) in [6, 6.07) is 0. The molecule has 0 aromatic rings. The lowest BCUT2D eigenvalue weighted by molar-refractivity contribution is -0.202. The Morgan fingerprint density at radius 2 is 2.00 bits per heavy atom. The molecule has 0 bridgehead atoms. The molecule has 0 atom stereocenters. The zero-order valence-corrected chi connectivity index (χ0v) is 10.4. The lowest BCUT2D eigenvalue weighted by Gasteiger charge is -2.31. The summed E-state index contributed by atoms with van der Waals surface area (Å²) in [5, 5.41) is 9.98. The van der Waals surface area contributed by atoms with E-state index >= 15 is 0 Å². The number of sulfone groups is 1. The highest BCUT2D eigenvalue weighted by Gasteiger charge is 2.47. The minimum absolute atomic E-state index is 0.00845. The first-order chi connectivity index (χ1) is 7.96. The number of rotatable bonds is 3. The number of carbonyl (C=O) groups is 1. The van der Waals surface area contributed by atoms with Gasteiger partial charge >= 0.3 is 0 Å². The van der Waals surface area contributed by atoms with Crippen LogP contribution in [0, 0.1) is 0 Å². The summed E-state index contributed by atoms with van der Waals surface area (Å²) in [4.78, 5) is 17.3. The van der Waals surface area contributed by atoms with Gasteiger partial charge in [0, 0.05) is 6.61 Å². The van der Waals surface area contributed by atoms with E-state index in [1.165, 1.54) is 5.06 Å². The van der Waals surface area contributed by atoms with E-state index in [0.29, 0.717) is 25.8 Å². The highest BCUT2D eigenvalue weighted by molar-refractivity contribution is 7.91. The maximum absolute atomic E-state index is 11.7. The van der Waals surface area contributed by atoms with Gasteiger partial charge in [0.25, 0.3) is 0 Å². The molecule has 1 spiro atoms. The molecule has 0 unspecified atom stereocenters. The van der Waals surface area contributed by atoms with Crippen molar-refractivity contribution >= 4 is 15.7 Å². The minimum atomic E-state index is -2.95. The van der Waals surface area contributed by atoms with Gasteiger partial charge < -0.3 is 5.11 Å². The first-order valence-corrected chi connectivity index (χ1v) is 7.59. The number of aliphatic hydroxyl groups is 1. The van der Waals surface area contributed by atoms with Crippen molar-refractivity contribution in [2.45, 2.75) is 31.3 Å². The molecule has 2 rings (SSSR count). The number of hydroxylamine groups is 2. The van der Waals surface area contributed by atoms with Crippen LogP contribution in [0.3, 0.4) is 0 Å². The second-order valence-electron chi connectivity index (χ2n) is 4.68. The van der Waals surface area contributed by atoms with Gasteiger partial charge in [0.1, 0.15) is 5.60 Å². The van der Waals surface area contributed by atoms with Crippen LogP contribution in [0.4, 0.5) is 0 Å². The fraction of sp³-hybridized carbons (Fsp3) is 0.900. The van der Waals surface area contributed by atoms with Gasteiger partial charge in [-0.3, -0.25) is 9.63 Å². The first-order valence-electron chi connectivity index (χ1n) is 5.77. The fourth-order valence-electron chi connectivity index (χ4n) is 2.24. The quantitative estimate of drug-likeness (QED) is 0.740. The van der Waals surface area contributed by atoms with Crippen molar-refractivity contribution in [1.82, 2.24) is 5.06 Å². The van der Waals surface area contributed by atoms with Crippen LogP contribution in [0.5, 0.6) is 0 Å². The van der Waals surface area contributed by atoms with E-state index < -0.39 is 15.4 Å². The maximum atomic E-state index is 11.7. The van der Waals surface area contributed by atoms with Gasteiger partial charge in [0.05, 0.1) is 24.5 Å². The highest BCUT2D eigenvalue weighted by atomic mass is 32.2. The summed E-state index contributed by atoms with van der Waals surface area (Å²) in [7, 11) is -2.95. The van der Waals surface area contributed by atoms with Gasteiger partial charge in [0.15, 0.2) is 9.84 Å². The molecule has 0 saturated carbocycles. The second-order valence-corrected chi connectivity index (χ2v) is 6.98. The number of nitrogens with zero attached hydrogens (tertiary/aromatic N) is 1. The Morgan fingerprint density at radius 3 is 2.59 bits per heavy atom. The molecular weight excluding hydrogens is 246 g/mol. The monoisotopic (exact) mass is 263 g/mol. The Balaban J connectivity index is 1.98. The minimum Gasteiger partial charge on any atom is -0.396 e. The Kier molecular flexibility index (Phi) is 3.42. The van der Waals surface area contributed by atoms with E-state index in [4.69, 9.17) is 9.94 Å². The molecule has 2 aliphatic rings. The summed E-state index contributed by atoms with van der Waals surface area (Å²) in [5.74, 6) is 0.0696. The Hall–Kier alpha value is -0.660. The molecule has 1 amide bonds. The zero-order chi connectivity index (χ0) is 12.5. The number of carbonyl (C=O) groups excluding carboxylic acids is 1. The van der Waals surface area contributed by atoms with Crippen molar-refractivity contribution in [3.05, 3.63) is 0 Å². The van der Waals surface area contributed by atoms with Gasteiger partial charge in [0.2, 0.25) is 5.91 Å². The topological polar surface area (TPSA) is 83.9 Å². The molecule has 98 valence electrons. The molecular formula is C10H17NO5S. The number of amides is 1. The van der Waals surface area contributed by atoms with Crippen molar-refractivity contribution in [3.8, 4) is 0 Å². The fourth-order valence-corrected chi connectivity index (χ4v) is 3.81. The van der Waals surface area contributed by atoms with E-state index in [2.05, 4.69) is 0 Å². The molecule has 7 heteroatoms. The predicted molar refractivity (Wildman–Crippen MR) is 59.7 cm³/mol. The second kappa shape index (κ2) is 4.55. The molecule has 0 aliphatic carbocycles. The number of aliphatic hydroxyl groups excluding tert-OH is 1. The van der Waals surface area contributed by atoms with Crippen molar-refractivity contribution in [2.75, 3.05) is 24.7 Å². The largest absolute Gasteiger partial charge is 0.396 e. The van der Waals surface area contributed by atoms with Gasteiger partial charge in [-0.2, -0.15) is 0 Å². The van der Waals surface area contributed by atoms with Crippen molar-refractivity contribution in [3.63, 3.8) is 0 Å². The summed E-state index contributed by atoms with van der Waals surface area (Å²) >= 11 is 0. The van der Waals surface area contributed by atoms with Gasteiger partial charge in [-0.25, -0.2) is 13.5 Å². The molecule has 0 radical (unpaired) electrons. The van der Waals surface area contributed by atoms with Crippen LogP contribution in [0.1, 0.15) is 25.7 Å². The average Bonchev–Trinajstić information content (AvgIpc) is 2.58. The molecule has 1 N–H and O–H groups in total. The molecule has 2 fully saturated rings. The van der Waals surface area contributed by atoms with Crippen LogP contribution in [0.15, 0.2) is 0 Å². The van der Waals surface area contributed by atoms with E-state index in [9.17, 15) is 13.2 Å². The zero-order valence-electron chi connectivity index (χ0n) is 9.59. The van der Waals surface area contributed by atoms with Gasteiger partial charge in [-0.05, 0) is 19.3 Å². The number of hydrogen-bond donors (Lipinski definition) is 1. The van der Waals surface area contributed by atoms with Crippen LogP contribution in [-0.2, 0) is 19.5 Å². The Bertz CT molecular complexity index is 391. The van der Waals surface area contributed by atoms with E-state index in [-0.39, 0.29) is 30.4 Å². The van der Waals surface area contributed by atoms with Gasteiger partial charge in [-0.15, -0.1) is 0 Å². The molecule has 0 aromatic carbocycles. The summed E-state index contributed by atoms with van der Waals surface area (Å²) in [6.07, 6.45) is 1.50. The predicted octanol–water partition coefficient (Wildman–Crippen LogP) is -0.520. The summed E-state index contributed by atoms with van der Waals surface area (Å²) < 4.78 is 22.7. The lowest BCUT2D eigenvalue weighted by Crippen LogP contribution is -2.40. The third-order valence-corrected chi connectivity index (χ3v) is 4.96. The maximum Gasteiger partial charge on any atom is 0.249 e. The number of hydrogen-bond acceptors (Lipinski definition) is 5. The smallest absolute Gasteiger partial charge is 0.249 e. The van der Waals surface area contributed by atoms with Crippen LogP contribution < -0.4 is 0 Å². The Labute approximate surface area is 100 Å². The third-order valence-electron chi connectivity index (χ3n) is 3.31. The first kappa shape index (κ1) is 12.8. The van der Waals surface area contributed by atoms with Crippen molar-refractivity contribution in [2.24, 2.45) is 0 Å². The van der Waals surface area contributed by atoms with Crippen LogP contribution in [-0.4, -0.2) is 54.8 Å². The van der Waals surface area contributed by atoms with Gasteiger partial charge in [-0.1, -0.05) is 0 Å². The van der Waals surface area contributed by atoms with E-state index in [1.54, 1.807) is 0 Å². The third kappa shape index (κ3) is 2.78. The summed E-state index contributed by atoms with van der Waals surface area (Å²) in [5.41, 5.74) is -0.613. The standard InChI is InChI=1S/C10H17NO5S/c12-5-1-4-11-9(13)8-10(16-11)2-6-17(14,15)7-3-10/h12H,1-8H2. The van der Waals surface area contributed by atoms with E-state index in [0.717, 1.165) is 0 Å². The Morgan fingerprint density at radius 1 is 1.35 bits per heavy atom. The molecule has 6 nitrogen and oxygen atoms in total. The average molecular weight is 263 g/mol. The van der Waals surface area contributed by atoms with Crippen LogP contribution in [0.25, 0.3) is 0 Å². The molecule has 17 heavy (non-hydrogen) atoms. The van der Waals surface area contributed by atoms with Crippen molar-refractivity contribution in [1.29, 1.82) is 0 Å². The molecule has 2 heterocycles. The van der Waals surface area contributed by atoms with E-state index in [1.807, 2.05) is 0 Å². The molecule has 2 aliphatic heterocycles. The normalized spacial score (nSPS) is 26.6. The molecule has 0 aromatic heterocycles. The lowest BCUT2D eigenvalue weighted by atomic mass is 9.93. The molecule has 2 saturated heterocycles.